The standard InChI is InChI=1S/C18H20N5O6P/c19-18-21-15-14(16(24)22-18)8-13(9-20-15)23(6-1-7-30(27,28)29)10-11-2-4-12(5-3-11)17(25)26/h2-5,8-9H,1,6-7,10H2,(H,25,26)(H2,27,28,29)(H3,19,20,21,22,24). The third-order valence-electron chi connectivity index (χ3n) is 4.38. The minimum absolute atomic E-state index is 0.0511. The number of carbonyl (C=O) groups is 1. The highest BCUT2D eigenvalue weighted by Crippen LogP contribution is 2.35. The molecule has 0 spiro atoms. The number of aromatic amines is 1. The van der Waals surface area contributed by atoms with Gasteiger partial charge in [0.2, 0.25) is 5.95 Å². The van der Waals surface area contributed by atoms with Crippen molar-refractivity contribution < 1.29 is 24.3 Å². The maximum absolute atomic E-state index is 12.2. The lowest BCUT2D eigenvalue weighted by Gasteiger charge is -2.25. The van der Waals surface area contributed by atoms with Crippen molar-refractivity contribution in [2.24, 2.45) is 0 Å². The van der Waals surface area contributed by atoms with Crippen molar-refractivity contribution in [1.29, 1.82) is 0 Å². The molecule has 0 atom stereocenters. The molecule has 0 amide bonds. The monoisotopic (exact) mass is 433 g/mol. The van der Waals surface area contributed by atoms with E-state index in [-0.39, 0.29) is 41.7 Å². The van der Waals surface area contributed by atoms with Gasteiger partial charge in [-0.2, -0.15) is 4.98 Å². The summed E-state index contributed by atoms with van der Waals surface area (Å²) in [6.45, 7) is 0.591. The second-order valence-corrected chi connectivity index (χ2v) is 8.46. The fraction of sp³-hybridized carbons (Fsp3) is 0.222. The number of carboxylic acids is 1. The zero-order valence-electron chi connectivity index (χ0n) is 15.7. The average Bonchev–Trinajstić information content (AvgIpc) is 2.66. The Labute approximate surface area is 170 Å². The number of anilines is 2. The molecule has 0 radical (unpaired) electrons. The van der Waals surface area contributed by atoms with Crippen LogP contribution in [-0.4, -0.2) is 48.5 Å². The van der Waals surface area contributed by atoms with E-state index in [2.05, 4.69) is 15.0 Å². The first-order valence-corrected chi connectivity index (χ1v) is 10.7. The molecule has 0 saturated carbocycles. The number of carboxylic acid groups (broad SMARTS) is 1. The lowest BCUT2D eigenvalue weighted by molar-refractivity contribution is 0.0697. The molecule has 30 heavy (non-hydrogen) atoms. The quantitative estimate of drug-likeness (QED) is 0.323. The van der Waals surface area contributed by atoms with Crippen LogP contribution in [0.5, 0.6) is 0 Å². The smallest absolute Gasteiger partial charge is 0.335 e. The number of fused-ring (bicyclic) bond motifs is 1. The average molecular weight is 433 g/mol. The predicted molar refractivity (Wildman–Crippen MR) is 111 cm³/mol. The molecule has 0 unspecified atom stereocenters. The first kappa shape index (κ1) is 21.4. The molecule has 12 heteroatoms. The Bertz CT molecular complexity index is 1170. The van der Waals surface area contributed by atoms with Gasteiger partial charge in [0.1, 0.15) is 0 Å². The Morgan fingerprint density at radius 2 is 1.93 bits per heavy atom. The second kappa shape index (κ2) is 8.62. The molecule has 0 aliphatic heterocycles. The van der Waals surface area contributed by atoms with Gasteiger partial charge >= 0.3 is 13.6 Å². The molecule has 2 heterocycles. The molecule has 0 saturated heterocycles. The SMILES string of the molecule is Nc1nc2ncc(N(CCCP(=O)(O)O)Cc3ccc(C(=O)O)cc3)cc2c(=O)[nH]1. The second-order valence-electron chi connectivity index (χ2n) is 6.68. The molecule has 1 aromatic carbocycles. The van der Waals surface area contributed by atoms with E-state index in [1.54, 1.807) is 23.1 Å². The summed E-state index contributed by atoms with van der Waals surface area (Å²) in [4.78, 5) is 53.8. The Morgan fingerprint density at radius 1 is 1.23 bits per heavy atom. The number of nitrogen functional groups attached to an aromatic ring is 1. The van der Waals surface area contributed by atoms with Crippen molar-refractivity contribution in [2.45, 2.75) is 13.0 Å². The highest BCUT2D eigenvalue weighted by Gasteiger charge is 2.16. The summed E-state index contributed by atoms with van der Waals surface area (Å²) in [7, 11) is -4.15. The molecule has 3 aromatic rings. The summed E-state index contributed by atoms with van der Waals surface area (Å²) < 4.78 is 11.2. The maximum atomic E-state index is 12.2. The van der Waals surface area contributed by atoms with Gasteiger partial charge in [0.25, 0.3) is 5.56 Å². The van der Waals surface area contributed by atoms with Crippen LogP contribution >= 0.6 is 7.60 Å². The van der Waals surface area contributed by atoms with Gasteiger partial charge in [-0.15, -0.1) is 0 Å². The molecule has 0 aliphatic carbocycles. The topological polar surface area (TPSA) is 183 Å². The normalized spacial score (nSPS) is 11.5. The van der Waals surface area contributed by atoms with Crippen LogP contribution in [0.1, 0.15) is 22.3 Å². The first-order chi connectivity index (χ1) is 14.1. The molecular weight excluding hydrogens is 413 g/mol. The number of pyridine rings is 1. The molecule has 11 nitrogen and oxygen atoms in total. The van der Waals surface area contributed by atoms with E-state index in [4.69, 9.17) is 20.6 Å². The third kappa shape index (κ3) is 5.41. The summed E-state index contributed by atoms with van der Waals surface area (Å²) in [5.74, 6) is -1.09. The predicted octanol–water partition coefficient (Wildman–Crippen LogP) is 1.17. The van der Waals surface area contributed by atoms with Crippen LogP contribution in [0, 0.1) is 0 Å². The molecule has 3 rings (SSSR count). The highest BCUT2D eigenvalue weighted by atomic mass is 31.2. The van der Waals surface area contributed by atoms with Crippen molar-refractivity contribution >= 4 is 36.2 Å². The summed E-state index contributed by atoms with van der Waals surface area (Å²) in [6.07, 6.45) is 1.41. The largest absolute Gasteiger partial charge is 0.478 e. The third-order valence-corrected chi connectivity index (χ3v) is 5.28. The number of hydrogen-bond donors (Lipinski definition) is 5. The fourth-order valence-electron chi connectivity index (χ4n) is 2.94. The summed E-state index contributed by atoms with van der Waals surface area (Å²) in [5, 5.41) is 9.26. The molecule has 6 N–H and O–H groups in total. The van der Waals surface area contributed by atoms with Gasteiger partial charge in [-0.25, -0.2) is 9.78 Å². The van der Waals surface area contributed by atoms with Crippen LogP contribution in [0.4, 0.5) is 11.6 Å². The van der Waals surface area contributed by atoms with Gasteiger partial charge in [-0.1, -0.05) is 12.1 Å². The van der Waals surface area contributed by atoms with Crippen molar-refractivity contribution in [1.82, 2.24) is 15.0 Å². The van der Waals surface area contributed by atoms with E-state index in [1.165, 1.54) is 18.3 Å². The van der Waals surface area contributed by atoms with E-state index in [0.29, 0.717) is 12.2 Å². The summed E-state index contributed by atoms with van der Waals surface area (Å²) in [6, 6.07) is 7.84. The first-order valence-electron chi connectivity index (χ1n) is 8.90. The lowest BCUT2D eigenvalue weighted by Crippen LogP contribution is -2.25. The summed E-state index contributed by atoms with van der Waals surface area (Å²) in [5.41, 5.74) is 6.74. The van der Waals surface area contributed by atoms with E-state index in [1.807, 2.05) is 0 Å². The molecular formula is C18H20N5O6P. The van der Waals surface area contributed by atoms with Crippen LogP contribution < -0.4 is 16.2 Å². The van der Waals surface area contributed by atoms with Crippen molar-refractivity contribution in [3.8, 4) is 0 Å². The van der Waals surface area contributed by atoms with Crippen molar-refractivity contribution in [3.63, 3.8) is 0 Å². The zero-order chi connectivity index (χ0) is 21.9. The van der Waals surface area contributed by atoms with E-state index in [9.17, 15) is 14.2 Å². The number of hydrogen-bond acceptors (Lipinski definition) is 7. The lowest BCUT2D eigenvalue weighted by atomic mass is 10.1. The number of H-pyrrole nitrogens is 1. The van der Waals surface area contributed by atoms with E-state index >= 15 is 0 Å². The van der Waals surface area contributed by atoms with E-state index in [0.717, 1.165) is 5.56 Å². The van der Waals surface area contributed by atoms with E-state index < -0.39 is 19.1 Å². The fourth-order valence-corrected chi connectivity index (χ4v) is 3.49. The molecule has 0 bridgehead atoms. The minimum atomic E-state index is -4.15. The van der Waals surface area contributed by atoms with Gasteiger partial charge in [0.15, 0.2) is 5.65 Å². The Hall–Kier alpha value is -3.27. The maximum Gasteiger partial charge on any atom is 0.335 e. The van der Waals surface area contributed by atoms with Crippen LogP contribution in [0.25, 0.3) is 11.0 Å². The number of benzene rings is 1. The van der Waals surface area contributed by atoms with Crippen LogP contribution in [0.3, 0.4) is 0 Å². The number of nitrogens with two attached hydrogens (primary N) is 1. The van der Waals surface area contributed by atoms with Gasteiger partial charge < -0.3 is 25.5 Å². The van der Waals surface area contributed by atoms with Crippen LogP contribution in [-0.2, 0) is 11.1 Å². The minimum Gasteiger partial charge on any atom is -0.478 e. The Morgan fingerprint density at radius 3 is 2.57 bits per heavy atom. The zero-order valence-corrected chi connectivity index (χ0v) is 16.6. The molecule has 0 fully saturated rings. The Balaban J connectivity index is 1.92. The van der Waals surface area contributed by atoms with Crippen molar-refractivity contribution in [3.05, 3.63) is 58.0 Å². The van der Waals surface area contributed by atoms with Gasteiger partial charge in [-0.3, -0.25) is 14.3 Å². The van der Waals surface area contributed by atoms with Gasteiger partial charge in [0.05, 0.1) is 29.0 Å². The van der Waals surface area contributed by atoms with Crippen LogP contribution in [0.15, 0.2) is 41.3 Å². The van der Waals surface area contributed by atoms with Gasteiger partial charge in [-0.05, 0) is 30.2 Å². The number of nitrogens with zero attached hydrogens (tertiary/aromatic N) is 3. The molecule has 2 aromatic heterocycles. The molecule has 158 valence electrons. The summed E-state index contributed by atoms with van der Waals surface area (Å²) >= 11 is 0. The number of rotatable bonds is 8. The number of nitrogens with one attached hydrogen (secondary N) is 1. The van der Waals surface area contributed by atoms with Crippen molar-refractivity contribution in [2.75, 3.05) is 23.3 Å². The number of aromatic nitrogens is 3. The van der Waals surface area contributed by atoms with Crippen LogP contribution in [0.2, 0.25) is 0 Å². The van der Waals surface area contributed by atoms with Gasteiger partial charge in [0, 0.05) is 13.1 Å². The number of aromatic carboxylic acids is 1. The molecule has 0 aliphatic rings. The Kier molecular flexibility index (Phi) is 6.16. The highest BCUT2D eigenvalue weighted by molar-refractivity contribution is 7.51.